The lowest BCUT2D eigenvalue weighted by atomic mass is 10.0. The fourth-order valence-electron chi connectivity index (χ4n) is 3.85. The number of rotatable bonds is 4. The number of fused-ring (bicyclic) bond motifs is 2. The van der Waals surface area contributed by atoms with E-state index in [0.717, 1.165) is 45.3 Å². The van der Waals surface area contributed by atoms with Gasteiger partial charge in [0.2, 0.25) is 0 Å². The molecule has 0 spiro atoms. The number of thiazole rings is 1. The number of amides is 1. The minimum atomic E-state index is -0.242. The van der Waals surface area contributed by atoms with Crippen LogP contribution in [0.25, 0.3) is 20.8 Å². The highest BCUT2D eigenvalue weighted by Crippen LogP contribution is 2.45. The van der Waals surface area contributed by atoms with Gasteiger partial charge in [-0.1, -0.05) is 23.7 Å². The van der Waals surface area contributed by atoms with E-state index in [4.69, 9.17) is 21.3 Å². The Hall–Kier alpha value is -2.45. The fourth-order valence-corrected chi connectivity index (χ4v) is 6.46. The Morgan fingerprint density at radius 3 is 2.87 bits per heavy atom. The van der Waals surface area contributed by atoms with Crippen molar-refractivity contribution in [3.8, 4) is 16.3 Å². The average molecular weight is 470 g/mol. The second kappa shape index (κ2) is 8.24. The molecule has 0 atom stereocenters. The highest BCUT2D eigenvalue weighted by atomic mass is 35.5. The number of halogens is 1. The quantitative estimate of drug-likeness (QED) is 0.402. The molecular formula is C23H20ClN3O2S2. The van der Waals surface area contributed by atoms with E-state index in [1.54, 1.807) is 48.0 Å². The molecule has 1 amide bonds. The molecule has 0 saturated heterocycles. The maximum Gasteiger partial charge on any atom is 0.260 e. The molecule has 158 valence electrons. The van der Waals surface area contributed by atoms with Crippen LogP contribution < -0.4 is 10.1 Å². The third-order valence-electron chi connectivity index (χ3n) is 5.39. The number of aromatic nitrogens is 1. The molecule has 0 aliphatic carbocycles. The monoisotopic (exact) mass is 469 g/mol. The van der Waals surface area contributed by atoms with Crippen LogP contribution in [0.4, 0.5) is 5.00 Å². The Morgan fingerprint density at radius 2 is 2.06 bits per heavy atom. The van der Waals surface area contributed by atoms with Crippen LogP contribution in [0, 0.1) is 0 Å². The number of methoxy groups -OCH3 is 1. The number of benzene rings is 2. The highest BCUT2D eigenvalue weighted by Gasteiger charge is 2.27. The maximum atomic E-state index is 13.2. The first-order valence-electron chi connectivity index (χ1n) is 9.87. The normalized spacial score (nSPS) is 13.9. The molecule has 0 saturated carbocycles. The average Bonchev–Trinajstić information content (AvgIpc) is 3.33. The second-order valence-corrected chi connectivity index (χ2v) is 10.1. The Bertz CT molecular complexity index is 1260. The van der Waals surface area contributed by atoms with E-state index in [-0.39, 0.29) is 5.91 Å². The first-order chi connectivity index (χ1) is 15.0. The molecule has 5 rings (SSSR count). The van der Waals surface area contributed by atoms with E-state index in [9.17, 15) is 4.79 Å². The molecule has 1 aliphatic rings. The molecule has 2 aromatic carbocycles. The predicted octanol–water partition coefficient (Wildman–Crippen LogP) is 5.93. The molecule has 4 aromatic rings. The number of likely N-dealkylation sites (N-methyl/N-ethyl adjacent to an activating group) is 1. The SMILES string of the molecule is COc1ccc(Cl)cc1C(=O)Nc1sc2c(c1-c1nc3ccccc3s1)CCN(C)C2. The van der Waals surface area contributed by atoms with Crippen molar-refractivity contribution in [2.24, 2.45) is 0 Å². The van der Waals surface area contributed by atoms with E-state index in [0.29, 0.717) is 16.3 Å². The number of ether oxygens (including phenoxy) is 1. The van der Waals surface area contributed by atoms with Gasteiger partial charge in [-0.2, -0.15) is 0 Å². The minimum Gasteiger partial charge on any atom is -0.496 e. The van der Waals surface area contributed by atoms with Gasteiger partial charge in [-0.15, -0.1) is 22.7 Å². The number of para-hydroxylation sites is 1. The summed E-state index contributed by atoms with van der Waals surface area (Å²) < 4.78 is 6.51. The summed E-state index contributed by atoms with van der Waals surface area (Å²) in [4.78, 5) is 21.7. The highest BCUT2D eigenvalue weighted by molar-refractivity contribution is 7.23. The fraction of sp³-hybridized carbons (Fsp3) is 0.217. The topological polar surface area (TPSA) is 54.5 Å². The summed E-state index contributed by atoms with van der Waals surface area (Å²) in [5.74, 6) is 0.248. The number of carbonyl (C=O) groups excluding carboxylic acids is 1. The molecule has 31 heavy (non-hydrogen) atoms. The van der Waals surface area contributed by atoms with Crippen LogP contribution in [-0.2, 0) is 13.0 Å². The number of nitrogens with zero attached hydrogens (tertiary/aromatic N) is 2. The molecule has 5 nitrogen and oxygen atoms in total. The van der Waals surface area contributed by atoms with Crippen LogP contribution in [0.3, 0.4) is 0 Å². The van der Waals surface area contributed by atoms with E-state index in [1.165, 1.54) is 10.4 Å². The van der Waals surface area contributed by atoms with Crippen molar-refractivity contribution in [3.05, 3.63) is 63.5 Å². The van der Waals surface area contributed by atoms with Crippen molar-refractivity contribution in [1.82, 2.24) is 9.88 Å². The third kappa shape index (κ3) is 3.83. The predicted molar refractivity (Wildman–Crippen MR) is 129 cm³/mol. The Morgan fingerprint density at radius 1 is 1.23 bits per heavy atom. The van der Waals surface area contributed by atoms with Crippen molar-refractivity contribution in [3.63, 3.8) is 0 Å². The molecule has 1 N–H and O–H groups in total. The summed E-state index contributed by atoms with van der Waals surface area (Å²) in [6.07, 6.45) is 0.934. The molecular weight excluding hydrogens is 450 g/mol. The largest absolute Gasteiger partial charge is 0.496 e. The zero-order chi connectivity index (χ0) is 21.5. The number of nitrogens with one attached hydrogen (secondary N) is 1. The van der Waals surface area contributed by atoms with Gasteiger partial charge in [0.15, 0.2) is 0 Å². The van der Waals surface area contributed by atoms with Crippen LogP contribution in [-0.4, -0.2) is 36.5 Å². The van der Waals surface area contributed by atoms with Crippen LogP contribution in [0.15, 0.2) is 42.5 Å². The van der Waals surface area contributed by atoms with E-state index >= 15 is 0 Å². The van der Waals surface area contributed by atoms with Gasteiger partial charge in [-0.3, -0.25) is 4.79 Å². The smallest absolute Gasteiger partial charge is 0.260 e. The lowest BCUT2D eigenvalue weighted by Gasteiger charge is -2.22. The van der Waals surface area contributed by atoms with Gasteiger partial charge in [-0.05, 0) is 49.4 Å². The standard InChI is InChI=1S/C23H20ClN3O2S2/c1-27-10-9-14-19(12-27)31-23(20(14)22-25-16-5-3-4-6-18(16)30-22)26-21(28)15-11-13(24)7-8-17(15)29-2/h3-8,11H,9-10,12H2,1-2H3,(H,26,28). The van der Waals surface area contributed by atoms with Crippen molar-refractivity contribution >= 4 is 55.4 Å². The molecule has 0 radical (unpaired) electrons. The zero-order valence-corrected chi connectivity index (χ0v) is 19.5. The van der Waals surface area contributed by atoms with Crippen molar-refractivity contribution in [2.75, 3.05) is 26.0 Å². The lowest BCUT2D eigenvalue weighted by Crippen LogP contribution is -2.25. The summed E-state index contributed by atoms with van der Waals surface area (Å²) >= 11 is 9.44. The van der Waals surface area contributed by atoms with Gasteiger partial charge < -0.3 is 15.0 Å². The van der Waals surface area contributed by atoms with Crippen LogP contribution >= 0.6 is 34.3 Å². The number of thiophene rings is 1. The van der Waals surface area contributed by atoms with E-state index in [2.05, 4.69) is 23.3 Å². The number of hydrogen-bond donors (Lipinski definition) is 1. The summed E-state index contributed by atoms with van der Waals surface area (Å²) in [6.45, 7) is 1.85. The van der Waals surface area contributed by atoms with Crippen molar-refractivity contribution < 1.29 is 9.53 Å². The number of anilines is 1. The first kappa shape index (κ1) is 20.5. The van der Waals surface area contributed by atoms with Crippen molar-refractivity contribution in [2.45, 2.75) is 13.0 Å². The summed E-state index contributed by atoms with van der Waals surface area (Å²) in [7, 11) is 3.67. The Labute approximate surface area is 193 Å². The molecule has 1 aliphatic heterocycles. The molecule has 0 unspecified atom stereocenters. The molecule has 3 heterocycles. The van der Waals surface area contributed by atoms with Gasteiger partial charge >= 0.3 is 0 Å². The van der Waals surface area contributed by atoms with Gasteiger partial charge in [0.25, 0.3) is 5.91 Å². The third-order valence-corrected chi connectivity index (χ3v) is 7.81. The molecule has 0 fully saturated rings. The lowest BCUT2D eigenvalue weighted by molar-refractivity contribution is 0.102. The number of carbonyl (C=O) groups is 1. The van der Waals surface area contributed by atoms with E-state index < -0.39 is 0 Å². The Kier molecular flexibility index (Phi) is 5.44. The minimum absolute atomic E-state index is 0.242. The van der Waals surface area contributed by atoms with Crippen LogP contribution in [0.1, 0.15) is 20.8 Å². The summed E-state index contributed by atoms with van der Waals surface area (Å²) in [5.41, 5.74) is 3.72. The van der Waals surface area contributed by atoms with Crippen LogP contribution in [0.2, 0.25) is 5.02 Å². The first-order valence-corrected chi connectivity index (χ1v) is 11.9. The van der Waals surface area contributed by atoms with Gasteiger partial charge in [0.05, 0.1) is 22.9 Å². The molecule has 0 bridgehead atoms. The van der Waals surface area contributed by atoms with Gasteiger partial charge in [-0.25, -0.2) is 4.98 Å². The van der Waals surface area contributed by atoms with Gasteiger partial charge in [0.1, 0.15) is 15.8 Å². The molecule has 8 heteroatoms. The van der Waals surface area contributed by atoms with Crippen LogP contribution in [0.5, 0.6) is 5.75 Å². The molecule has 2 aromatic heterocycles. The zero-order valence-electron chi connectivity index (χ0n) is 17.1. The Balaban J connectivity index is 1.60. The van der Waals surface area contributed by atoms with E-state index in [1.807, 2.05) is 18.2 Å². The maximum absolute atomic E-state index is 13.2. The second-order valence-electron chi connectivity index (χ2n) is 7.48. The van der Waals surface area contributed by atoms with Gasteiger partial charge in [0, 0.05) is 28.6 Å². The summed E-state index contributed by atoms with van der Waals surface area (Å²) in [5, 5.41) is 5.39. The summed E-state index contributed by atoms with van der Waals surface area (Å²) in [6, 6.07) is 13.2. The number of hydrogen-bond acceptors (Lipinski definition) is 6. The van der Waals surface area contributed by atoms with Crippen molar-refractivity contribution in [1.29, 1.82) is 0 Å².